The van der Waals surface area contributed by atoms with Gasteiger partial charge >= 0.3 is 0 Å². The maximum atomic E-state index is 12.8. The van der Waals surface area contributed by atoms with E-state index in [-0.39, 0.29) is 12.0 Å². The molecule has 1 N–H and O–H groups in total. The van der Waals surface area contributed by atoms with E-state index < -0.39 is 6.10 Å². The highest BCUT2D eigenvalue weighted by molar-refractivity contribution is 5.95. The lowest BCUT2D eigenvalue weighted by atomic mass is 10.1. The second-order valence-electron chi connectivity index (χ2n) is 7.06. The number of carbonyl (C=O) groups excluding carboxylic acids is 1. The Bertz CT molecular complexity index is 920. The van der Waals surface area contributed by atoms with Gasteiger partial charge in [-0.1, -0.05) is 61.5 Å². The highest BCUT2D eigenvalue weighted by Crippen LogP contribution is 2.26. The van der Waals surface area contributed by atoms with Crippen molar-refractivity contribution in [2.24, 2.45) is 0 Å². The van der Waals surface area contributed by atoms with Crippen LogP contribution in [0.5, 0.6) is 11.5 Å². The molecule has 0 saturated heterocycles. The summed E-state index contributed by atoms with van der Waals surface area (Å²) in [5.41, 5.74) is 2.90. The van der Waals surface area contributed by atoms with Crippen molar-refractivity contribution >= 4 is 11.6 Å². The molecule has 0 aliphatic heterocycles. The molecular weight excluding hydrogens is 362 g/mol. The second kappa shape index (κ2) is 9.78. The van der Waals surface area contributed by atoms with Gasteiger partial charge in [0.25, 0.3) is 5.91 Å². The first-order valence-corrected chi connectivity index (χ1v) is 9.95. The number of ether oxygens (including phenoxy) is 2. The van der Waals surface area contributed by atoms with Gasteiger partial charge in [0.1, 0.15) is 11.5 Å². The second-order valence-corrected chi connectivity index (χ2v) is 7.06. The fraction of sp³-hybridized carbons (Fsp3) is 0.240. The van der Waals surface area contributed by atoms with Gasteiger partial charge in [-0.2, -0.15) is 0 Å². The van der Waals surface area contributed by atoms with Crippen molar-refractivity contribution in [1.29, 1.82) is 0 Å². The van der Waals surface area contributed by atoms with E-state index >= 15 is 0 Å². The molecule has 0 heterocycles. The lowest BCUT2D eigenvalue weighted by Crippen LogP contribution is -2.32. The van der Waals surface area contributed by atoms with Crippen LogP contribution in [0, 0.1) is 0 Å². The zero-order chi connectivity index (χ0) is 20.6. The van der Waals surface area contributed by atoms with Crippen LogP contribution in [-0.4, -0.2) is 18.1 Å². The van der Waals surface area contributed by atoms with E-state index in [2.05, 4.69) is 17.4 Å². The minimum Gasteiger partial charge on any atom is -0.489 e. The molecule has 0 aliphatic rings. The standard InChI is InChI=1S/C25H27NO3/c1-4-23(25(27)26-22-12-8-9-13-24(22)28-18(2)3)29-21-16-14-20(15-17-21)19-10-6-5-7-11-19/h5-18,23H,4H2,1-3H3,(H,26,27). The Labute approximate surface area is 172 Å². The largest absolute Gasteiger partial charge is 0.489 e. The summed E-state index contributed by atoms with van der Waals surface area (Å²) in [7, 11) is 0. The molecule has 0 aromatic heterocycles. The highest BCUT2D eigenvalue weighted by atomic mass is 16.5. The zero-order valence-electron chi connectivity index (χ0n) is 17.1. The van der Waals surface area contributed by atoms with Crippen molar-refractivity contribution in [2.45, 2.75) is 39.4 Å². The van der Waals surface area contributed by atoms with Gasteiger partial charge in [-0.15, -0.1) is 0 Å². The number of benzene rings is 3. The van der Waals surface area contributed by atoms with Crippen LogP contribution in [0.25, 0.3) is 11.1 Å². The van der Waals surface area contributed by atoms with E-state index in [9.17, 15) is 4.79 Å². The lowest BCUT2D eigenvalue weighted by Gasteiger charge is -2.19. The number of amides is 1. The maximum absolute atomic E-state index is 12.8. The predicted molar refractivity (Wildman–Crippen MR) is 117 cm³/mol. The Balaban J connectivity index is 1.68. The van der Waals surface area contributed by atoms with Gasteiger partial charge in [0.05, 0.1) is 11.8 Å². The molecule has 150 valence electrons. The molecule has 0 spiro atoms. The Morgan fingerprint density at radius 2 is 1.45 bits per heavy atom. The van der Waals surface area contributed by atoms with Gasteiger partial charge in [-0.3, -0.25) is 4.79 Å². The van der Waals surface area contributed by atoms with Crippen molar-refractivity contribution < 1.29 is 14.3 Å². The average molecular weight is 389 g/mol. The minimum atomic E-state index is -0.593. The van der Waals surface area contributed by atoms with E-state index in [4.69, 9.17) is 9.47 Å². The number of anilines is 1. The molecule has 4 nitrogen and oxygen atoms in total. The van der Waals surface area contributed by atoms with Gasteiger partial charge in [0.2, 0.25) is 0 Å². The highest BCUT2D eigenvalue weighted by Gasteiger charge is 2.20. The van der Waals surface area contributed by atoms with Crippen molar-refractivity contribution in [3.05, 3.63) is 78.9 Å². The number of nitrogens with one attached hydrogen (secondary N) is 1. The summed E-state index contributed by atoms with van der Waals surface area (Å²) in [4.78, 5) is 12.8. The Morgan fingerprint density at radius 3 is 2.10 bits per heavy atom. The van der Waals surface area contributed by atoms with Crippen LogP contribution in [0.2, 0.25) is 0 Å². The third-order valence-corrected chi connectivity index (χ3v) is 4.41. The molecule has 0 aliphatic carbocycles. The molecular formula is C25H27NO3. The van der Waals surface area contributed by atoms with E-state index in [0.717, 1.165) is 11.1 Å². The summed E-state index contributed by atoms with van der Waals surface area (Å²) in [6, 6.07) is 25.4. The topological polar surface area (TPSA) is 47.6 Å². The molecule has 0 radical (unpaired) electrons. The summed E-state index contributed by atoms with van der Waals surface area (Å²) in [5, 5.41) is 2.94. The number of carbonyl (C=O) groups is 1. The molecule has 0 bridgehead atoms. The molecule has 1 unspecified atom stereocenters. The van der Waals surface area contributed by atoms with Crippen molar-refractivity contribution in [2.75, 3.05) is 5.32 Å². The van der Waals surface area contributed by atoms with Crippen LogP contribution in [0.15, 0.2) is 78.9 Å². The van der Waals surface area contributed by atoms with Crippen molar-refractivity contribution in [3.63, 3.8) is 0 Å². The number of rotatable bonds is 8. The third kappa shape index (κ3) is 5.61. The first-order valence-electron chi connectivity index (χ1n) is 9.95. The van der Waals surface area contributed by atoms with Crippen LogP contribution in [0.3, 0.4) is 0 Å². The molecule has 0 saturated carbocycles. The van der Waals surface area contributed by atoms with Crippen LogP contribution in [-0.2, 0) is 4.79 Å². The molecule has 4 heteroatoms. The first kappa shape index (κ1) is 20.5. The van der Waals surface area contributed by atoms with Crippen LogP contribution >= 0.6 is 0 Å². The summed E-state index contributed by atoms with van der Waals surface area (Å²) in [6.07, 6.45) is -0.0153. The summed E-state index contributed by atoms with van der Waals surface area (Å²) in [5.74, 6) is 1.12. The zero-order valence-corrected chi connectivity index (χ0v) is 17.1. The van der Waals surface area contributed by atoms with Crippen LogP contribution in [0.1, 0.15) is 27.2 Å². The lowest BCUT2D eigenvalue weighted by molar-refractivity contribution is -0.122. The molecule has 29 heavy (non-hydrogen) atoms. The van der Waals surface area contributed by atoms with Gasteiger partial charge in [-0.25, -0.2) is 0 Å². The SMILES string of the molecule is CCC(Oc1ccc(-c2ccccc2)cc1)C(=O)Nc1ccccc1OC(C)C. The van der Waals surface area contributed by atoms with Gasteiger partial charge in [-0.05, 0) is 55.7 Å². The van der Waals surface area contributed by atoms with E-state index in [0.29, 0.717) is 23.6 Å². The Kier molecular flexibility index (Phi) is 6.90. The van der Waals surface area contributed by atoms with Crippen LogP contribution < -0.4 is 14.8 Å². The van der Waals surface area contributed by atoms with E-state index in [1.165, 1.54) is 0 Å². The predicted octanol–water partition coefficient (Wildman–Crippen LogP) is 5.94. The quantitative estimate of drug-likeness (QED) is 0.519. The van der Waals surface area contributed by atoms with E-state index in [1.807, 2.05) is 87.5 Å². The average Bonchev–Trinajstić information content (AvgIpc) is 2.74. The Morgan fingerprint density at radius 1 is 0.828 bits per heavy atom. The molecule has 3 rings (SSSR count). The summed E-state index contributed by atoms with van der Waals surface area (Å²) in [6.45, 7) is 5.84. The van der Waals surface area contributed by atoms with Gasteiger partial charge < -0.3 is 14.8 Å². The maximum Gasteiger partial charge on any atom is 0.265 e. The third-order valence-electron chi connectivity index (χ3n) is 4.41. The number of hydrogen-bond acceptors (Lipinski definition) is 3. The van der Waals surface area contributed by atoms with Crippen LogP contribution in [0.4, 0.5) is 5.69 Å². The fourth-order valence-corrected chi connectivity index (χ4v) is 2.98. The molecule has 0 fully saturated rings. The first-order chi connectivity index (χ1) is 14.1. The van der Waals surface area contributed by atoms with Crippen molar-refractivity contribution in [1.82, 2.24) is 0 Å². The smallest absolute Gasteiger partial charge is 0.265 e. The number of para-hydroxylation sites is 2. The van der Waals surface area contributed by atoms with Gasteiger partial charge in [0, 0.05) is 0 Å². The molecule has 3 aromatic rings. The molecule has 1 atom stereocenters. The fourth-order valence-electron chi connectivity index (χ4n) is 2.98. The Hall–Kier alpha value is -3.27. The number of hydrogen-bond donors (Lipinski definition) is 1. The van der Waals surface area contributed by atoms with E-state index in [1.54, 1.807) is 0 Å². The summed E-state index contributed by atoms with van der Waals surface area (Å²) < 4.78 is 11.7. The molecule has 1 amide bonds. The normalized spacial score (nSPS) is 11.7. The monoisotopic (exact) mass is 389 g/mol. The molecule has 3 aromatic carbocycles. The van der Waals surface area contributed by atoms with Gasteiger partial charge in [0.15, 0.2) is 6.10 Å². The summed E-state index contributed by atoms with van der Waals surface area (Å²) >= 11 is 0. The minimum absolute atomic E-state index is 0.0226. The van der Waals surface area contributed by atoms with Crippen molar-refractivity contribution in [3.8, 4) is 22.6 Å².